The summed E-state index contributed by atoms with van der Waals surface area (Å²) < 4.78 is 1.64. The molecular weight excluding hydrogens is 220 g/mol. The number of carbonyl (C=O) groups excluding carboxylic acids is 1. The van der Waals surface area contributed by atoms with Gasteiger partial charge in [0, 0.05) is 20.0 Å². The van der Waals surface area contributed by atoms with E-state index in [4.69, 9.17) is 5.73 Å². The zero-order valence-electron chi connectivity index (χ0n) is 9.82. The van der Waals surface area contributed by atoms with Gasteiger partial charge in [-0.3, -0.25) is 14.2 Å². The van der Waals surface area contributed by atoms with Crippen molar-refractivity contribution in [2.45, 2.75) is 32.2 Å². The third-order valence-corrected chi connectivity index (χ3v) is 3.01. The van der Waals surface area contributed by atoms with Crippen molar-refractivity contribution < 1.29 is 4.79 Å². The molecule has 0 radical (unpaired) electrons. The fourth-order valence-electron chi connectivity index (χ4n) is 2.15. The van der Waals surface area contributed by atoms with E-state index in [0.29, 0.717) is 12.4 Å². The number of amides is 1. The monoisotopic (exact) mass is 236 g/mol. The van der Waals surface area contributed by atoms with E-state index in [1.165, 1.54) is 0 Å². The third-order valence-electron chi connectivity index (χ3n) is 3.01. The molecule has 1 aromatic heterocycles. The van der Waals surface area contributed by atoms with Crippen LogP contribution in [0, 0.1) is 0 Å². The maximum absolute atomic E-state index is 12.2. The van der Waals surface area contributed by atoms with Crippen LogP contribution in [0.5, 0.6) is 0 Å². The maximum Gasteiger partial charge on any atom is 0.277 e. The highest BCUT2D eigenvalue weighted by atomic mass is 16.1. The second kappa shape index (κ2) is 4.57. The van der Waals surface area contributed by atoms with E-state index in [2.05, 4.69) is 10.3 Å². The van der Waals surface area contributed by atoms with Gasteiger partial charge in [0.15, 0.2) is 5.69 Å². The lowest BCUT2D eigenvalue weighted by Gasteiger charge is -2.12. The highest BCUT2D eigenvalue weighted by Gasteiger charge is 2.19. The number of fused-ring (bicyclic) bond motifs is 1. The molecule has 1 amide bonds. The molecule has 92 valence electrons. The number of nitrogens with zero attached hydrogens (tertiary/aromatic N) is 2. The van der Waals surface area contributed by atoms with Crippen LogP contribution in [0.1, 0.15) is 35.6 Å². The van der Waals surface area contributed by atoms with Crippen LogP contribution in [0.25, 0.3) is 0 Å². The van der Waals surface area contributed by atoms with Gasteiger partial charge in [0.05, 0.1) is 0 Å². The molecule has 2 rings (SSSR count). The van der Waals surface area contributed by atoms with Gasteiger partial charge in [-0.15, -0.1) is 0 Å². The largest absolute Gasteiger partial charge is 0.382 e. The second-order valence-corrected chi connectivity index (χ2v) is 4.13. The van der Waals surface area contributed by atoms with Crippen molar-refractivity contribution in [1.82, 2.24) is 9.55 Å². The van der Waals surface area contributed by atoms with Crippen molar-refractivity contribution in [3.63, 3.8) is 0 Å². The molecule has 17 heavy (non-hydrogen) atoms. The van der Waals surface area contributed by atoms with E-state index in [1.54, 1.807) is 11.6 Å². The number of aromatic nitrogens is 2. The second-order valence-electron chi connectivity index (χ2n) is 4.13. The Morgan fingerprint density at radius 1 is 1.41 bits per heavy atom. The Hall–Kier alpha value is -1.85. The number of primary amides is 1. The minimum Gasteiger partial charge on any atom is -0.382 e. The number of nitrogens with two attached hydrogens (primary N) is 1. The van der Waals surface area contributed by atoms with E-state index in [0.717, 1.165) is 25.7 Å². The van der Waals surface area contributed by atoms with Crippen LogP contribution in [0.4, 0.5) is 5.69 Å². The van der Waals surface area contributed by atoms with Crippen molar-refractivity contribution >= 4 is 11.6 Å². The molecule has 0 saturated heterocycles. The molecular formula is C11H16N4O2. The smallest absolute Gasteiger partial charge is 0.277 e. The quantitative estimate of drug-likeness (QED) is 0.762. The molecule has 0 saturated carbocycles. The Balaban J connectivity index is 2.66. The lowest BCUT2D eigenvalue weighted by molar-refractivity contribution is 0.0995. The average molecular weight is 236 g/mol. The first-order valence-electron chi connectivity index (χ1n) is 5.76. The first-order valence-corrected chi connectivity index (χ1v) is 5.76. The number of nitrogens with one attached hydrogen (secondary N) is 1. The molecule has 1 aliphatic rings. The molecule has 0 aliphatic carbocycles. The zero-order valence-corrected chi connectivity index (χ0v) is 9.82. The summed E-state index contributed by atoms with van der Waals surface area (Å²) in [6.45, 7) is 0.662. The third kappa shape index (κ3) is 2.02. The summed E-state index contributed by atoms with van der Waals surface area (Å²) in [5.74, 6) is -0.000558. The van der Waals surface area contributed by atoms with Crippen molar-refractivity contribution in [2.75, 3.05) is 12.4 Å². The van der Waals surface area contributed by atoms with E-state index >= 15 is 0 Å². The summed E-state index contributed by atoms with van der Waals surface area (Å²) in [7, 11) is 1.59. The van der Waals surface area contributed by atoms with Crippen LogP contribution < -0.4 is 16.6 Å². The van der Waals surface area contributed by atoms with Crippen LogP contribution in [0.3, 0.4) is 0 Å². The first-order chi connectivity index (χ1) is 8.15. The van der Waals surface area contributed by atoms with Gasteiger partial charge in [0.1, 0.15) is 11.5 Å². The van der Waals surface area contributed by atoms with Crippen molar-refractivity contribution in [1.29, 1.82) is 0 Å². The highest BCUT2D eigenvalue weighted by molar-refractivity contribution is 5.96. The van der Waals surface area contributed by atoms with Crippen LogP contribution in [0.2, 0.25) is 0 Å². The highest BCUT2D eigenvalue weighted by Crippen LogP contribution is 2.14. The maximum atomic E-state index is 12.2. The standard InChI is InChI=1S/C11H16N4O2/c1-13-9-8(10(12)16)14-7-5-3-2-4-6-15(7)11(9)17/h13H,2-6H2,1H3,(H2,12,16). The topological polar surface area (TPSA) is 90.0 Å². The number of aryl methyl sites for hydroxylation is 1. The lowest BCUT2D eigenvalue weighted by atomic mass is 10.2. The number of anilines is 1. The van der Waals surface area contributed by atoms with Crippen LogP contribution in [0.15, 0.2) is 4.79 Å². The van der Waals surface area contributed by atoms with Gasteiger partial charge in [-0.2, -0.15) is 0 Å². The van der Waals surface area contributed by atoms with Gasteiger partial charge in [0.25, 0.3) is 11.5 Å². The summed E-state index contributed by atoms with van der Waals surface area (Å²) in [5, 5.41) is 2.72. The number of carbonyl (C=O) groups is 1. The Bertz CT molecular complexity index is 507. The molecule has 6 heteroatoms. The molecule has 0 fully saturated rings. The summed E-state index contributed by atoms with van der Waals surface area (Å²) in [4.78, 5) is 27.7. The summed E-state index contributed by atoms with van der Waals surface area (Å²) in [5.41, 5.74) is 5.29. The fraction of sp³-hybridized carbons (Fsp3) is 0.545. The molecule has 1 aromatic rings. The SMILES string of the molecule is CNc1c(C(N)=O)nc2n(c1=O)CCCCC2. The summed E-state index contributed by atoms with van der Waals surface area (Å²) >= 11 is 0. The minimum atomic E-state index is -0.668. The van der Waals surface area contributed by atoms with Gasteiger partial charge in [-0.05, 0) is 12.8 Å². The van der Waals surface area contributed by atoms with E-state index in [-0.39, 0.29) is 16.9 Å². The van der Waals surface area contributed by atoms with E-state index in [1.807, 2.05) is 0 Å². The minimum absolute atomic E-state index is 0.0469. The van der Waals surface area contributed by atoms with Crippen molar-refractivity contribution in [2.24, 2.45) is 5.73 Å². The first kappa shape index (κ1) is 11.6. The number of hydrogen-bond acceptors (Lipinski definition) is 4. The molecule has 0 atom stereocenters. The molecule has 1 aliphatic heterocycles. The van der Waals surface area contributed by atoms with E-state index in [9.17, 15) is 9.59 Å². The summed E-state index contributed by atoms with van der Waals surface area (Å²) in [6, 6.07) is 0. The number of hydrogen-bond donors (Lipinski definition) is 2. The molecule has 0 spiro atoms. The normalized spacial score (nSPS) is 14.9. The lowest BCUT2D eigenvalue weighted by Crippen LogP contribution is -2.31. The van der Waals surface area contributed by atoms with Crippen molar-refractivity contribution in [3.05, 3.63) is 21.9 Å². The Morgan fingerprint density at radius 3 is 2.82 bits per heavy atom. The fourth-order valence-corrected chi connectivity index (χ4v) is 2.15. The van der Waals surface area contributed by atoms with Crippen LogP contribution in [-0.4, -0.2) is 22.5 Å². The predicted molar refractivity (Wildman–Crippen MR) is 64.1 cm³/mol. The summed E-state index contributed by atoms with van der Waals surface area (Å²) in [6.07, 6.45) is 3.75. The molecule has 6 nitrogen and oxygen atoms in total. The van der Waals surface area contributed by atoms with Gasteiger partial charge in [-0.25, -0.2) is 4.98 Å². The Morgan fingerprint density at radius 2 is 2.18 bits per heavy atom. The molecule has 2 heterocycles. The molecule has 0 bridgehead atoms. The van der Waals surface area contributed by atoms with E-state index < -0.39 is 5.91 Å². The van der Waals surface area contributed by atoms with Crippen LogP contribution >= 0.6 is 0 Å². The van der Waals surface area contributed by atoms with Gasteiger partial charge in [0.2, 0.25) is 0 Å². The molecule has 3 N–H and O–H groups in total. The molecule has 0 aromatic carbocycles. The number of rotatable bonds is 2. The Kier molecular flexibility index (Phi) is 3.12. The van der Waals surface area contributed by atoms with Gasteiger partial charge in [-0.1, -0.05) is 6.42 Å². The zero-order chi connectivity index (χ0) is 12.4. The van der Waals surface area contributed by atoms with Crippen molar-refractivity contribution in [3.8, 4) is 0 Å². The van der Waals surface area contributed by atoms with Gasteiger partial charge >= 0.3 is 0 Å². The average Bonchev–Trinajstić information content (AvgIpc) is 2.54. The predicted octanol–water partition coefficient (Wildman–Crippen LogP) is 0.110. The molecule has 0 unspecified atom stereocenters. The van der Waals surface area contributed by atoms with Gasteiger partial charge < -0.3 is 11.1 Å². The Labute approximate surface area is 98.8 Å². The van der Waals surface area contributed by atoms with Crippen LogP contribution in [-0.2, 0) is 13.0 Å².